The van der Waals surface area contributed by atoms with E-state index in [1.807, 2.05) is 18.0 Å². The number of aromatic amines is 1. The summed E-state index contributed by atoms with van der Waals surface area (Å²) in [5, 5.41) is 20.9. The predicted molar refractivity (Wildman–Crippen MR) is 119 cm³/mol. The van der Waals surface area contributed by atoms with Gasteiger partial charge in [-0.05, 0) is 72.7 Å². The highest BCUT2D eigenvalue weighted by molar-refractivity contribution is 5.85. The van der Waals surface area contributed by atoms with Gasteiger partial charge in [0.2, 0.25) is 0 Å². The van der Waals surface area contributed by atoms with Crippen molar-refractivity contribution in [3.05, 3.63) is 64.6 Å². The summed E-state index contributed by atoms with van der Waals surface area (Å²) in [6.07, 6.45) is -5.85. The molecule has 4 nitrogen and oxygen atoms in total. The molecular formula is C25H25F4N3O. The van der Waals surface area contributed by atoms with Gasteiger partial charge in [0.05, 0.1) is 11.6 Å². The number of hydrogen-bond donors (Lipinski definition) is 2. The largest absolute Gasteiger partial charge is 0.417 e. The van der Waals surface area contributed by atoms with E-state index in [4.69, 9.17) is 5.26 Å². The van der Waals surface area contributed by atoms with Crippen LogP contribution in [0.25, 0.3) is 10.9 Å². The Kier molecular flexibility index (Phi) is 5.44. The Morgan fingerprint density at radius 1 is 1.21 bits per heavy atom. The van der Waals surface area contributed by atoms with E-state index in [9.17, 15) is 22.7 Å². The summed E-state index contributed by atoms with van der Waals surface area (Å²) in [5.41, 5.74) is -1.06. The molecule has 0 spiro atoms. The number of aliphatic hydroxyl groups is 1. The van der Waals surface area contributed by atoms with Crippen LogP contribution in [0.4, 0.5) is 23.2 Å². The number of nitrogens with one attached hydrogen (secondary N) is 1. The molecule has 0 fully saturated rings. The summed E-state index contributed by atoms with van der Waals surface area (Å²) in [6.45, 7) is 3.93. The average molecular weight is 459 g/mol. The summed E-state index contributed by atoms with van der Waals surface area (Å²) >= 11 is 0. The number of anilines is 1. The van der Waals surface area contributed by atoms with Crippen molar-refractivity contribution in [1.29, 1.82) is 5.26 Å². The molecular weight excluding hydrogens is 434 g/mol. The third-order valence-corrected chi connectivity index (χ3v) is 6.84. The highest BCUT2D eigenvalue weighted by Gasteiger charge is 2.57. The van der Waals surface area contributed by atoms with Gasteiger partial charge in [-0.3, -0.25) is 0 Å². The van der Waals surface area contributed by atoms with Crippen molar-refractivity contribution < 1.29 is 22.7 Å². The van der Waals surface area contributed by atoms with Crippen LogP contribution in [0.1, 0.15) is 42.1 Å². The van der Waals surface area contributed by atoms with Crippen molar-refractivity contribution in [3.8, 4) is 6.07 Å². The van der Waals surface area contributed by atoms with Gasteiger partial charge in [0.15, 0.2) is 5.60 Å². The minimum atomic E-state index is -4.91. The molecule has 2 atom stereocenters. The van der Waals surface area contributed by atoms with Gasteiger partial charge in [-0.25, -0.2) is 4.39 Å². The van der Waals surface area contributed by atoms with Gasteiger partial charge >= 0.3 is 6.18 Å². The van der Waals surface area contributed by atoms with Crippen LogP contribution in [0.2, 0.25) is 0 Å². The second-order valence-corrected chi connectivity index (χ2v) is 9.44. The minimum Gasteiger partial charge on any atom is -0.380 e. The van der Waals surface area contributed by atoms with Gasteiger partial charge in [-0.15, -0.1) is 0 Å². The summed E-state index contributed by atoms with van der Waals surface area (Å²) in [5.74, 6) is -0.523. The summed E-state index contributed by atoms with van der Waals surface area (Å²) in [7, 11) is 1.81. The van der Waals surface area contributed by atoms with E-state index in [0.717, 1.165) is 5.56 Å². The number of H-pyrrole nitrogens is 1. The molecule has 4 rings (SSSR count). The number of hydrogen-bond acceptors (Lipinski definition) is 3. The third-order valence-electron chi connectivity index (χ3n) is 6.84. The molecule has 2 heterocycles. The summed E-state index contributed by atoms with van der Waals surface area (Å²) in [6, 6.07) is 11.0. The second-order valence-electron chi connectivity index (χ2n) is 9.44. The number of fused-ring (bicyclic) bond motifs is 2. The quantitative estimate of drug-likeness (QED) is 0.506. The number of benzene rings is 2. The number of aromatic nitrogens is 1. The van der Waals surface area contributed by atoms with Crippen LogP contribution in [0.3, 0.4) is 0 Å². The zero-order valence-electron chi connectivity index (χ0n) is 18.6. The van der Waals surface area contributed by atoms with E-state index in [1.165, 1.54) is 12.1 Å². The lowest BCUT2D eigenvalue weighted by atomic mass is 9.68. The standard InChI is InChI=1S/C25H25F4N3O/c1-15-8-16(13-30)9-21-19(15)11-18(31-21)12-24(33,25(27,28)29)14-23(2)6-7-32(3)22-5-4-17(26)10-20(22)23/h4-5,8-11,31,33H,6-7,12,14H2,1-3H3. The lowest BCUT2D eigenvalue weighted by Gasteiger charge is -2.45. The maximum absolute atomic E-state index is 14.3. The number of rotatable bonds is 4. The molecule has 0 amide bonds. The zero-order chi connectivity index (χ0) is 24.2. The SMILES string of the molecule is Cc1cc(C#N)cc2[nH]c(CC(O)(CC3(C)CCN(C)c4ccc(F)cc43)C(F)(F)F)cc12. The summed E-state index contributed by atoms with van der Waals surface area (Å²) < 4.78 is 57.0. The van der Waals surface area contributed by atoms with Crippen LogP contribution in [-0.4, -0.2) is 35.5 Å². The molecule has 1 aliphatic rings. The van der Waals surface area contributed by atoms with Crippen molar-refractivity contribution in [3.63, 3.8) is 0 Å². The fraction of sp³-hybridized carbons (Fsp3) is 0.400. The van der Waals surface area contributed by atoms with E-state index in [-0.39, 0.29) is 5.69 Å². The smallest absolute Gasteiger partial charge is 0.380 e. The lowest BCUT2D eigenvalue weighted by Crippen LogP contribution is -2.53. The molecule has 0 aliphatic carbocycles. The van der Waals surface area contributed by atoms with Gasteiger partial charge < -0.3 is 15.0 Å². The summed E-state index contributed by atoms with van der Waals surface area (Å²) in [4.78, 5) is 4.83. The third kappa shape index (κ3) is 4.06. The van der Waals surface area contributed by atoms with Crippen molar-refractivity contribution in [1.82, 2.24) is 4.98 Å². The molecule has 2 unspecified atom stereocenters. The topological polar surface area (TPSA) is 63.1 Å². The number of nitriles is 1. The first-order chi connectivity index (χ1) is 15.3. The normalized spacial score (nSPS) is 20.4. The van der Waals surface area contributed by atoms with E-state index in [2.05, 4.69) is 4.98 Å². The first kappa shape index (κ1) is 23.1. The number of nitrogens with zero attached hydrogens (tertiary/aromatic N) is 2. The monoisotopic (exact) mass is 459 g/mol. The molecule has 33 heavy (non-hydrogen) atoms. The Morgan fingerprint density at radius 2 is 1.94 bits per heavy atom. The number of aryl methyl sites for hydroxylation is 1. The minimum absolute atomic E-state index is 0.221. The molecule has 0 bridgehead atoms. The van der Waals surface area contributed by atoms with E-state index in [1.54, 1.807) is 38.1 Å². The zero-order valence-corrected chi connectivity index (χ0v) is 18.6. The van der Waals surface area contributed by atoms with Crippen LogP contribution in [0, 0.1) is 24.1 Å². The first-order valence-electron chi connectivity index (χ1n) is 10.7. The van der Waals surface area contributed by atoms with Crippen LogP contribution in [-0.2, 0) is 11.8 Å². The number of halogens is 4. The fourth-order valence-corrected chi connectivity index (χ4v) is 5.04. The van der Waals surface area contributed by atoms with Gasteiger partial charge in [0.25, 0.3) is 0 Å². The van der Waals surface area contributed by atoms with Gasteiger partial charge in [0.1, 0.15) is 5.82 Å². The molecule has 0 radical (unpaired) electrons. The van der Waals surface area contributed by atoms with E-state index in [0.29, 0.717) is 40.7 Å². The van der Waals surface area contributed by atoms with Crippen LogP contribution in [0.5, 0.6) is 0 Å². The average Bonchev–Trinajstić information content (AvgIpc) is 3.13. The Labute approximate surface area is 189 Å². The van der Waals surface area contributed by atoms with Gasteiger partial charge in [-0.2, -0.15) is 18.4 Å². The maximum Gasteiger partial charge on any atom is 0.417 e. The van der Waals surface area contributed by atoms with Crippen LogP contribution >= 0.6 is 0 Å². The Hall–Kier alpha value is -3.05. The molecule has 1 aromatic heterocycles. The molecule has 2 N–H and O–H groups in total. The molecule has 3 aromatic rings. The first-order valence-corrected chi connectivity index (χ1v) is 10.7. The Bertz CT molecular complexity index is 1260. The molecule has 8 heteroatoms. The molecule has 1 aliphatic heterocycles. The van der Waals surface area contributed by atoms with Crippen molar-refractivity contribution in [2.24, 2.45) is 0 Å². The van der Waals surface area contributed by atoms with E-state index < -0.39 is 35.9 Å². The predicted octanol–water partition coefficient (Wildman–Crippen LogP) is 5.51. The van der Waals surface area contributed by atoms with E-state index >= 15 is 0 Å². The Morgan fingerprint density at radius 3 is 2.61 bits per heavy atom. The van der Waals surface area contributed by atoms with Crippen LogP contribution < -0.4 is 4.90 Å². The van der Waals surface area contributed by atoms with Crippen molar-refractivity contribution in [2.45, 2.75) is 50.3 Å². The van der Waals surface area contributed by atoms with Gasteiger partial charge in [-0.1, -0.05) is 6.92 Å². The lowest BCUT2D eigenvalue weighted by molar-refractivity contribution is -0.267. The molecule has 0 saturated heterocycles. The van der Waals surface area contributed by atoms with Gasteiger partial charge in [0, 0.05) is 42.3 Å². The Balaban J connectivity index is 1.75. The highest BCUT2D eigenvalue weighted by atomic mass is 19.4. The van der Waals surface area contributed by atoms with Crippen LogP contribution in [0.15, 0.2) is 36.4 Å². The highest BCUT2D eigenvalue weighted by Crippen LogP contribution is 2.49. The maximum atomic E-state index is 14.3. The molecule has 0 saturated carbocycles. The number of alkyl halides is 3. The molecule has 2 aromatic carbocycles. The molecule has 174 valence electrons. The fourth-order valence-electron chi connectivity index (χ4n) is 5.04. The van der Waals surface area contributed by atoms with Crippen molar-refractivity contribution in [2.75, 3.05) is 18.5 Å². The van der Waals surface area contributed by atoms with Crippen molar-refractivity contribution >= 4 is 16.6 Å². The second kappa shape index (κ2) is 7.77.